The van der Waals surface area contributed by atoms with Gasteiger partial charge in [0.25, 0.3) is 0 Å². The van der Waals surface area contributed by atoms with Crippen LogP contribution in [-0.4, -0.2) is 5.78 Å². The van der Waals surface area contributed by atoms with Crippen LogP contribution in [0.3, 0.4) is 0 Å². The molecule has 6 heteroatoms. The van der Waals surface area contributed by atoms with Crippen molar-refractivity contribution in [3.63, 3.8) is 0 Å². The van der Waals surface area contributed by atoms with Gasteiger partial charge in [0.15, 0.2) is 11.3 Å². The van der Waals surface area contributed by atoms with Crippen LogP contribution in [0, 0.1) is 11.6 Å². The summed E-state index contributed by atoms with van der Waals surface area (Å²) in [6, 6.07) is 7.17. The van der Waals surface area contributed by atoms with Crippen molar-refractivity contribution in [1.29, 1.82) is 0 Å². The molecule has 1 aromatic heterocycles. The minimum absolute atomic E-state index is 0.0975. The summed E-state index contributed by atoms with van der Waals surface area (Å²) in [5, 5.41) is 1.16. The Morgan fingerprint density at radius 2 is 1.81 bits per heavy atom. The summed E-state index contributed by atoms with van der Waals surface area (Å²) in [5.74, 6) is -2.51. The lowest BCUT2D eigenvalue weighted by Crippen LogP contribution is -2.03. The molecule has 1 heterocycles. The maximum atomic E-state index is 13.6. The summed E-state index contributed by atoms with van der Waals surface area (Å²) in [7, 11) is 0. The van der Waals surface area contributed by atoms with Gasteiger partial charge < -0.3 is 4.42 Å². The maximum Gasteiger partial charge on any atom is 0.231 e. The Morgan fingerprint density at radius 1 is 1.05 bits per heavy atom. The standard InChI is InChI=1S/C15H6Cl2F2O2/c16-8-3-7-4-13(21-15(7)11(17)5-8)14(20)10-2-1-9(18)6-12(10)19/h1-6H. The molecule has 0 saturated heterocycles. The van der Waals surface area contributed by atoms with E-state index in [4.69, 9.17) is 27.6 Å². The van der Waals surface area contributed by atoms with Crippen molar-refractivity contribution in [3.8, 4) is 0 Å². The van der Waals surface area contributed by atoms with Crippen LogP contribution in [-0.2, 0) is 0 Å². The van der Waals surface area contributed by atoms with Crippen molar-refractivity contribution in [3.05, 3.63) is 69.4 Å². The second kappa shape index (κ2) is 5.13. The van der Waals surface area contributed by atoms with E-state index in [1.807, 2.05) is 0 Å². The Kier molecular flexibility index (Phi) is 3.43. The maximum absolute atomic E-state index is 13.6. The molecule has 0 bridgehead atoms. The first-order chi connectivity index (χ1) is 9.95. The third kappa shape index (κ3) is 2.52. The third-order valence-electron chi connectivity index (χ3n) is 2.94. The molecule has 3 rings (SSSR count). The zero-order valence-electron chi connectivity index (χ0n) is 10.3. The van der Waals surface area contributed by atoms with Crippen LogP contribution in [0.4, 0.5) is 8.78 Å². The van der Waals surface area contributed by atoms with Crippen molar-refractivity contribution in [2.75, 3.05) is 0 Å². The van der Waals surface area contributed by atoms with Crippen molar-refractivity contribution in [2.24, 2.45) is 0 Å². The number of furan rings is 1. The minimum atomic E-state index is -0.954. The van der Waals surface area contributed by atoms with Crippen LogP contribution in [0.15, 0.2) is 40.8 Å². The fraction of sp³-hybridized carbons (Fsp3) is 0. The Morgan fingerprint density at radius 3 is 2.52 bits per heavy atom. The number of carbonyl (C=O) groups is 1. The number of halogens is 4. The van der Waals surface area contributed by atoms with Gasteiger partial charge in [-0.3, -0.25) is 4.79 Å². The largest absolute Gasteiger partial charge is 0.451 e. The summed E-state index contributed by atoms with van der Waals surface area (Å²) in [4.78, 5) is 12.2. The lowest BCUT2D eigenvalue weighted by molar-refractivity contribution is 0.101. The van der Waals surface area contributed by atoms with E-state index in [2.05, 4.69) is 0 Å². The second-order valence-corrected chi connectivity index (χ2v) is 5.21. The van der Waals surface area contributed by atoms with Crippen molar-refractivity contribution in [2.45, 2.75) is 0 Å². The molecule has 0 amide bonds. The van der Waals surface area contributed by atoms with E-state index in [9.17, 15) is 13.6 Å². The summed E-state index contributed by atoms with van der Waals surface area (Å²) < 4.78 is 31.9. The quantitative estimate of drug-likeness (QED) is 0.602. The Labute approximate surface area is 127 Å². The van der Waals surface area contributed by atoms with Gasteiger partial charge in [0.05, 0.1) is 10.6 Å². The number of benzene rings is 2. The van der Waals surface area contributed by atoms with Crippen LogP contribution in [0.2, 0.25) is 10.0 Å². The van der Waals surface area contributed by atoms with Crippen LogP contribution in [0.5, 0.6) is 0 Å². The van der Waals surface area contributed by atoms with Gasteiger partial charge in [-0.1, -0.05) is 23.2 Å². The highest BCUT2D eigenvalue weighted by atomic mass is 35.5. The molecule has 0 unspecified atom stereocenters. The van der Waals surface area contributed by atoms with E-state index < -0.39 is 17.4 Å². The Balaban J connectivity index is 2.11. The number of carbonyl (C=O) groups excluding carboxylic acids is 1. The lowest BCUT2D eigenvalue weighted by Gasteiger charge is -1.99. The van der Waals surface area contributed by atoms with E-state index in [1.54, 1.807) is 6.07 Å². The van der Waals surface area contributed by atoms with Crippen LogP contribution in [0.25, 0.3) is 11.0 Å². The van der Waals surface area contributed by atoms with Gasteiger partial charge >= 0.3 is 0 Å². The lowest BCUT2D eigenvalue weighted by atomic mass is 10.1. The Hall–Kier alpha value is -1.91. The van der Waals surface area contributed by atoms with Crippen LogP contribution < -0.4 is 0 Å². The van der Waals surface area contributed by atoms with E-state index in [1.165, 1.54) is 12.1 Å². The SMILES string of the molecule is O=C(c1cc2cc(Cl)cc(Cl)c2o1)c1ccc(F)cc1F. The van der Waals surface area contributed by atoms with Crippen LogP contribution >= 0.6 is 23.2 Å². The molecule has 0 atom stereocenters. The average molecular weight is 327 g/mol. The summed E-state index contributed by atoms with van der Waals surface area (Å²) in [5.41, 5.74) is 0.00427. The van der Waals surface area contributed by atoms with E-state index in [0.717, 1.165) is 12.1 Å². The smallest absolute Gasteiger partial charge is 0.231 e. The van der Waals surface area contributed by atoms with E-state index >= 15 is 0 Å². The third-order valence-corrected chi connectivity index (χ3v) is 3.43. The molecule has 0 aliphatic carbocycles. The van der Waals surface area contributed by atoms with Gasteiger partial charge in [-0.2, -0.15) is 0 Å². The van der Waals surface area contributed by atoms with Gasteiger partial charge in [0.1, 0.15) is 11.6 Å². The fourth-order valence-electron chi connectivity index (χ4n) is 1.99. The first kappa shape index (κ1) is 14.0. The summed E-state index contributed by atoms with van der Waals surface area (Å²) in [6.07, 6.45) is 0. The predicted octanol–water partition coefficient (Wildman–Crippen LogP) is 5.25. The molecule has 0 aliphatic rings. The molecule has 106 valence electrons. The number of fused-ring (bicyclic) bond motifs is 1. The molecular weight excluding hydrogens is 321 g/mol. The first-order valence-electron chi connectivity index (χ1n) is 5.84. The van der Waals surface area contributed by atoms with Gasteiger partial charge in [0.2, 0.25) is 5.78 Å². The van der Waals surface area contributed by atoms with Crippen molar-refractivity contribution in [1.82, 2.24) is 0 Å². The normalized spacial score (nSPS) is 11.0. The zero-order valence-corrected chi connectivity index (χ0v) is 11.8. The van der Waals surface area contributed by atoms with Gasteiger partial charge in [0, 0.05) is 16.5 Å². The molecule has 0 saturated carbocycles. The highest BCUT2D eigenvalue weighted by molar-refractivity contribution is 6.38. The molecular formula is C15H6Cl2F2O2. The van der Waals surface area contributed by atoms with E-state index in [-0.39, 0.29) is 21.9 Å². The fourth-order valence-corrected chi connectivity index (χ4v) is 2.54. The molecule has 0 aliphatic heterocycles. The topological polar surface area (TPSA) is 30.2 Å². The molecule has 0 N–H and O–H groups in total. The Bertz CT molecular complexity index is 871. The molecule has 0 spiro atoms. The monoisotopic (exact) mass is 326 g/mol. The predicted molar refractivity (Wildman–Crippen MR) is 76.0 cm³/mol. The van der Waals surface area contributed by atoms with Gasteiger partial charge in [-0.25, -0.2) is 8.78 Å². The number of hydrogen-bond acceptors (Lipinski definition) is 2. The van der Waals surface area contributed by atoms with Crippen molar-refractivity contribution < 1.29 is 18.0 Å². The zero-order chi connectivity index (χ0) is 15.1. The second-order valence-electron chi connectivity index (χ2n) is 4.37. The molecule has 0 fully saturated rings. The van der Waals surface area contributed by atoms with Crippen molar-refractivity contribution >= 4 is 40.0 Å². The van der Waals surface area contributed by atoms with Gasteiger partial charge in [-0.15, -0.1) is 0 Å². The summed E-state index contributed by atoms with van der Waals surface area (Å²) in [6.45, 7) is 0. The molecule has 3 aromatic rings. The molecule has 21 heavy (non-hydrogen) atoms. The molecule has 2 aromatic carbocycles. The van der Waals surface area contributed by atoms with Crippen LogP contribution in [0.1, 0.15) is 16.1 Å². The molecule has 2 nitrogen and oxygen atoms in total. The highest BCUT2D eigenvalue weighted by Gasteiger charge is 2.19. The molecule has 0 radical (unpaired) electrons. The van der Waals surface area contributed by atoms with Gasteiger partial charge in [-0.05, 0) is 30.3 Å². The first-order valence-corrected chi connectivity index (χ1v) is 6.59. The summed E-state index contributed by atoms with van der Waals surface area (Å²) >= 11 is 11.8. The minimum Gasteiger partial charge on any atom is -0.451 e. The number of hydrogen-bond donors (Lipinski definition) is 0. The average Bonchev–Trinajstić information content (AvgIpc) is 2.82. The highest BCUT2D eigenvalue weighted by Crippen LogP contribution is 2.31. The number of rotatable bonds is 2. The van der Waals surface area contributed by atoms with E-state index in [0.29, 0.717) is 16.5 Å². The number of ketones is 1.